The van der Waals surface area contributed by atoms with Crippen LogP contribution in [0.25, 0.3) is 0 Å². The van der Waals surface area contributed by atoms with E-state index in [1.165, 1.54) is 12.1 Å². The molecule has 0 amide bonds. The summed E-state index contributed by atoms with van der Waals surface area (Å²) in [5.41, 5.74) is -4.10. The number of rotatable bonds is 5. The van der Waals surface area contributed by atoms with Gasteiger partial charge >= 0.3 is 18.3 Å². The predicted octanol–water partition coefficient (Wildman–Crippen LogP) is 4.22. The molecule has 1 N–H and O–H groups in total. The molecule has 11 heteroatoms. The zero-order valence-electron chi connectivity index (χ0n) is 16.0. The summed E-state index contributed by atoms with van der Waals surface area (Å²) in [4.78, 5) is 26.5. The molecule has 0 aliphatic rings. The number of aliphatic hydroxyl groups is 1. The van der Waals surface area contributed by atoms with Gasteiger partial charge in [-0.3, -0.25) is 0 Å². The molecule has 2 atom stereocenters. The van der Waals surface area contributed by atoms with E-state index in [2.05, 4.69) is 19.2 Å². The maximum atomic E-state index is 14.1. The largest absolute Gasteiger partial charge is 0.514 e. The summed E-state index contributed by atoms with van der Waals surface area (Å²) < 4.78 is 55.7. The number of aromatic nitrogens is 1. The molecule has 1 aromatic heterocycles. The van der Waals surface area contributed by atoms with Crippen molar-refractivity contribution in [3.05, 3.63) is 58.2 Å². The monoisotopic (exact) mass is 447 g/mol. The molecule has 0 saturated carbocycles. The first-order chi connectivity index (χ1) is 13.9. The second-order valence-corrected chi connectivity index (χ2v) is 6.56. The first-order valence-electron chi connectivity index (χ1n) is 8.34. The molecule has 2 aromatic rings. The predicted molar refractivity (Wildman–Crippen MR) is 98.4 cm³/mol. The summed E-state index contributed by atoms with van der Waals surface area (Å²) in [5, 5.41) is 10.7. The molecule has 0 radical (unpaired) electrons. The van der Waals surface area contributed by atoms with Gasteiger partial charge in [0.05, 0.1) is 19.8 Å². The minimum Gasteiger partial charge on any atom is -0.465 e. The number of ether oxygens (including phenoxy) is 3. The lowest BCUT2D eigenvalue weighted by atomic mass is 9.78. The molecule has 0 aliphatic carbocycles. The molecule has 0 saturated heterocycles. The third kappa shape index (κ3) is 4.49. The summed E-state index contributed by atoms with van der Waals surface area (Å²) in [6.07, 6.45) is -5.40. The Morgan fingerprint density at radius 3 is 2.33 bits per heavy atom. The fourth-order valence-electron chi connectivity index (χ4n) is 2.84. The molecular formula is C19H17ClF3NO6. The highest BCUT2D eigenvalue weighted by Gasteiger charge is 2.59. The van der Waals surface area contributed by atoms with E-state index in [-0.39, 0.29) is 16.1 Å². The Morgan fingerprint density at radius 2 is 1.80 bits per heavy atom. The minimum atomic E-state index is -5.15. The summed E-state index contributed by atoms with van der Waals surface area (Å²) >= 11 is 6.10. The maximum Gasteiger partial charge on any atom is 0.514 e. The molecule has 7 nitrogen and oxygen atoms in total. The van der Waals surface area contributed by atoms with E-state index in [1.54, 1.807) is 0 Å². The van der Waals surface area contributed by atoms with Crippen LogP contribution in [-0.4, -0.2) is 42.6 Å². The Bertz CT molecular complexity index is 952. The number of pyridine rings is 1. The smallest absolute Gasteiger partial charge is 0.465 e. The van der Waals surface area contributed by atoms with Crippen LogP contribution >= 0.6 is 11.6 Å². The van der Waals surface area contributed by atoms with Gasteiger partial charge in [0.15, 0.2) is 5.60 Å². The Hall–Kier alpha value is -2.85. The number of halogens is 4. The zero-order chi connectivity index (χ0) is 22.7. The lowest BCUT2D eigenvalue weighted by Crippen LogP contribution is -2.46. The number of carbonyl (C=O) groups is 2. The van der Waals surface area contributed by atoms with Crippen LogP contribution in [0, 0.1) is 0 Å². The van der Waals surface area contributed by atoms with Crippen molar-refractivity contribution in [1.82, 2.24) is 4.98 Å². The fraction of sp³-hybridized carbons (Fsp3) is 0.316. The van der Waals surface area contributed by atoms with Crippen LogP contribution in [0.2, 0.25) is 5.02 Å². The number of benzene rings is 1. The van der Waals surface area contributed by atoms with Crippen LogP contribution in [0.1, 0.15) is 34.3 Å². The molecule has 162 valence electrons. The van der Waals surface area contributed by atoms with E-state index >= 15 is 0 Å². The van der Waals surface area contributed by atoms with Crippen LogP contribution in [0.15, 0.2) is 36.5 Å². The normalized spacial score (nSPS) is 14.4. The molecule has 2 rings (SSSR count). The average Bonchev–Trinajstić information content (AvgIpc) is 2.71. The molecule has 1 aromatic carbocycles. The fourth-order valence-corrected chi connectivity index (χ4v) is 3.18. The third-order valence-corrected chi connectivity index (χ3v) is 4.80. The van der Waals surface area contributed by atoms with Crippen molar-refractivity contribution in [2.24, 2.45) is 0 Å². The summed E-state index contributed by atoms with van der Waals surface area (Å²) in [7, 11) is 2.16. The topological polar surface area (TPSA) is 95.0 Å². The van der Waals surface area contributed by atoms with Crippen molar-refractivity contribution >= 4 is 23.7 Å². The van der Waals surface area contributed by atoms with E-state index in [9.17, 15) is 27.9 Å². The highest BCUT2D eigenvalue weighted by atomic mass is 35.5. The quantitative estimate of drug-likeness (QED) is 0.685. The van der Waals surface area contributed by atoms with Crippen molar-refractivity contribution in [3.63, 3.8) is 0 Å². The van der Waals surface area contributed by atoms with Crippen molar-refractivity contribution in [2.75, 3.05) is 14.2 Å². The lowest BCUT2D eigenvalue weighted by molar-refractivity contribution is -0.274. The average molecular weight is 448 g/mol. The van der Waals surface area contributed by atoms with Crippen LogP contribution in [0.3, 0.4) is 0 Å². The molecule has 0 spiro atoms. The molecule has 0 fully saturated rings. The van der Waals surface area contributed by atoms with Gasteiger partial charge in [-0.1, -0.05) is 24.6 Å². The van der Waals surface area contributed by atoms with Crippen LogP contribution < -0.4 is 4.74 Å². The van der Waals surface area contributed by atoms with Gasteiger partial charge in [-0.15, -0.1) is 0 Å². The van der Waals surface area contributed by atoms with Crippen molar-refractivity contribution in [2.45, 2.75) is 24.6 Å². The van der Waals surface area contributed by atoms with E-state index in [0.29, 0.717) is 0 Å². The molecule has 2 unspecified atom stereocenters. The first kappa shape index (κ1) is 23.4. The molecule has 0 aliphatic heterocycles. The summed E-state index contributed by atoms with van der Waals surface area (Å²) in [5.74, 6) is -2.84. The SMILES string of the molecule is COC(=O)Oc1cc(C(O)(C(C)c2ccc(C(=O)OC)cc2Cl)C(F)(F)F)ccn1. The Morgan fingerprint density at radius 1 is 1.13 bits per heavy atom. The lowest BCUT2D eigenvalue weighted by Gasteiger charge is -2.37. The number of alkyl halides is 3. The number of hydrogen-bond donors (Lipinski definition) is 1. The second kappa shape index (κ2) is 8.88. The minimum absolute atomic E-state index is 0.0340. The molecular weight excluding hydrogens is 431 g/mol. The van der Waals surface area contributed by atoms with Gasteiger partial charge < -0.3 is 19.3 Å². The Balaban J connectivity index is 2.56. The van der Waals surface area contributed by atoms with Gasteiger partial charge in [0.25, 0.3) is 0 Å². The number of nitrogens with zero attached hydrogens (tertiary/aromatic N) is 1. The van der Waals surface area contributed by atoms with Gasteiger partial charge in [0.2, 0.25) is 5.88 Å². The molecule has 1 heterocycles. The number of carbonyl (C=O) groups excluding carboxylic acids is 2. The van der Waals surface area contributed by atoms with Gasteiger partial charge in [0.1, 0.15) is 0 Å². The maximum absolute atomic E-state index is 14.1. The van der Waals surface area contributed by atoms with E-state index in [4.69, 9.17) is 11.6 Å². The standard InChI is InChI=1S/C19H17ClF3NO6/c1-10(13-5-4-11(8-14(13)20)16(25)28-2)18(27,19(21,22)23)12-6-7-24-15(9-12)30-17(26)29-3/h4-10,27H,1-3H3. The summed E-state index contributed by atoms with van der Waals surface area (Å²) in [6.45, 7) is 1.12. The van der Waals surface area contributed by atoms with Crippen LogP contribution in [-0.2, 0) is 15.1 Å². The number of esters is 1. The van der Waals surface area contributed by atoms with Crippen LogP contribution in [0.4, 0.5) is 18.0 Å². The number of hydrogen-bond acceptors (Lipinski definition) is 7. The zero-order valence-corrected chi connectivity index (χ0v) is 16.7. The molecule has 0 bridgehead atoms. The number of methoxy groups -OCH3 is 2. The molecule has 30 heavy (non-hydrogen) atoms. The highest BCUT2D eigenvalue weighted by Crippen LogP contribution is 2.50. The Kier molecular flexibility index (Phi) is 6.94. The van der Waals surface area contributed by atoms with Crippen molar-refractivity contribution in [1.29, 1.82) is 0 Å². The van der Waals surface area contributed by atoms with Crippen molar-refractivity contribution < 1.29 is 42.1 Å². The first-order valence-corrected chi connectivity index (χ1v) is 8.72. The summed E-state index contributed by atoms with van der Waals surface area (Å²) in [6, 6.07) is 5.29. The van der Waals surface area contributed by atoms with Crippen LogP contribution in [0.5, 0.6) is 5.88 Å². The van der Waals surface area contributed by atoms with Crippen molar-refractivity contribution in [3.8, 4) is 5.88 Å². The highest BCUT2D eigenvalue weighted by molar-refractivity contribution is 6.31. The van der Waals surface area contributed by atoms with E-state index in [0.717, 1.165) is 45.5 Å². The van der Waals surface area contributed by atoms with Gasteiger partial charge in [0, 0.05) is 28.8 Å². The Labute approximate surface area is 174 Å². The van der Waals surface area contributed by atoms with Gasteiger partial charge in [-0.25, -0.2) is 14.6 Å². The van der Waals surface area contributed by atoms with Gasteiger partial charge in [-0.2, -0.15) is 13.2 Å². The van der Waals surface area contributed by atoms with E-state index in [1.807, 2.05) is 0 Å². The third-order valence-electron chi connectivity index (χ3n) is 4.48. The van der Waals surface area contributed by atoms with Gasteiger partial charge in [-0.05, 0) is 23.8 Å². The second-order valence-electron chi connectivity index (χ2n) is 6.15. The van der Waals surface area contributed by atoms with E-state index < -0.39 is 41.3 Å².